The maximum atomic E-state index is 12.4. The second-order valence-electron chi connectivity index (χ2n) is 3.77. The Morgan fingerprint density at radius 2 is 1.81 bits per heavy atom. The molecule has 0 radical (unpaired) electrons. The summed E-state index contributed by atoms with van der Waals surface area (Å²) >= 11 is 0. The highest BCUT2D eigenvalue weighted by molar-refractivity contribution is 5.97. The van der Waals surface area contributed by atoms with Crippen molar-refractivity contribution in [2.24, 2.45) is 0 Å². The molecule has 0 saturated heterocycles. The summed E-state index contributed by atoms with van der Waals surface area (Å²) < 4.78 is 37.2. The van der Waals surface area contributed by atoms with Gasteiger partial charge in [0.15, 0.2) is 0 Å². The second-order valence-corrected chi connectivity index (χ2v) is 3.77. The maximum Gasteiger partial charge on any atom is 0.416 e. The molecule has 5 heteroatoms. The molecule has 1 rings (SSSR count). The first-order valence-electron chi connectivity index (χ1n) is 4.67. The minimum absolute atomic E-state index is 0.200. The van der Waals surface area contributed by atoms with Gasteiger partial charge in [-0.15, -0.1) is 0 Å². The van der Waals surface area contributed by atoms with Gasteiger partial charge in [0.25, 0.3) is 0 Å². The van der Waals surface area contributed by atoms with Gasteiger partial charge in [0.05, 0.1) is 5.56 Å². The summed E-state index contributed by atoms with van der Waals surface area (Å²) in [5.41, 5.74) is 0.284. The summed E-state index contributed by atoms with van der Waals surface area (Å²) in [5, 5.41) is 7.70. The van der Waals surface area contributed by atoms with Crippen LogP contribution in [0.15, 0.2) is 18.2 Å². The lowest BCUT2D eigenvalue weighted by molar-refractivity contribution is -0.137. The fourth-order valence-electron chi connectivity index (χ4n) is 1.35. The molecule has 0 heterocycles. The average molecular weight is 230 g/mol. The van der Waals surface area contributed by atoms with Gasteiger partial charge in [-0.25, -0.2) is 0 Å². The topological polar surface area (TPSA) is 27.1 Å². The van der Waals surface area contributed by atoms with Crippen molar-refractivity contribution < 1.29 is 13.2 Å². The van der Waals surface area contributed by atoms with Gasteiger partial charge in [-0.3, -0.25) is 5.41 Å². The Kier molecular flexibility index (Phi) is 3.26. The number of amidine groups is 1. The van der Waals surface area contributed by atoms with Crippen molar-refractivity contribution in [3.05, 3.63) is 34.9 Å². The van der Waals surface area contributed by atoms with Crippen molar-refractivity contribution in [3.63, 3.8) is 0 Å². The maximum absolute atomic E-state index is 12.4. The first-order valence-corrected chi connectivity index (χ1v) is 4.67. The third-order valence-corrected chi connectivity index (χ3v) is 2.26. The molecule has 0 aliphatic rings. The van der Waals surface area contributed by atoms with Crippen LogP contribution in [0.2, 0.25) is 0 Å². The van der Waals surface area contributed by atoms with E-state index in [2.05, 4.69) is 0 Å². The fourth-order valence-corrected chi connectivity index (χ4v) is 1.35. The number of halogens is 3. The third-order valence-electron chi connectivity index (χ3n) is 2.26. The lowest BCUT2D eigenvalue weighted by Crippen LogP contribution is -2.22. The zero-order valence-electron chi connectivity index (χ0n) is 9.31. The zero-order valence-corrected chi connectivity index (χ0v) is 9.31. The molecule has 1 aromatic carbocycles. The molecule has 0 aromatic heterocycles. The normalized spacial score (nSPS) is 11.4. The molecule has 1 N–H and O–H groups in total. The first kappa shape index (κ1) is 12.5. The smallest absolute Gasteiger partial charge is 0.363 e. The zero-order chi connectivity index (χ0) is 12.5. The molecule has 1 aromatic rings. The molecular weight excluding hydrogens is 217 g/mol. The summed E-state index contributed by atoms with van der Waals surface area (Å²) in [6, 6.07) is 3.40. The van der Waals surface area contributed by atoms with E-state index >= 15 is 0 Å². The number of hydrogen-bond acceptors (Lipinski definition) is 1. The van der Waals surface area contributed by atoms with Crippen molar-refractivity contribution >= 4 is 5.84 Å². The van der Waals surface area contributed by atoms with Crippen molar-refractivity contribution in [3.8, 4) is 0 Å². The summed E-state index contributed by atoms with van der Waals surface area (Å²) in [6.07, 6.45) is -4.33. The van der Waals surface area contributed by atoms with Crippen LogP contribution in [-0.4, -0.2) is 24.8 Å². The predicted molar refractivity (Wildman–Crippen MR) is 56.7 cm³/mol. The number of benzene rings is 1. The number of hydrogen-bond donors (Lipinski definition) is 1. The van der Waals surface area contributed by atoms with Crippen LogP contribution >= 0.6 is 0 Å². The van der Waals surface area contributed by atoms with Crippen LogP contribution in [-0.2, 0) is 6.18 Å². The molecule has 0 fully saturated rings. The van der Waals surface area contributed by atoms with E-state index in [0.717, 1.165) is 12.1 Å². The van der Waals surface area contributed by atoms with Crippen molar-refractivity contribution in [1.82, 2.24) is 4.90 Å². The molecule has 0 bridgehead atoms. The molecule has 0 saturated carbocycles. The molecule has 2 nitrogen and oxygen atoms in total. The van der Waals surface area contributed by atoms with E-state index in [4.69, 9.17) is 5.41 Å². The Balaban J connectivity index is 3.15. The summed E-state index contributed by atoms with van der Waals surface area (Å²) in [4.78, 5) is 1.55. The van der Waals surface area contributed by atoms with E-state index < -0.39 is 11.7 Å². The van der Waals surface area contributed by atoms with Crippen LogP contribution in [0.4, 0.5) is 13.2 Å². The van der Waals surface area contributed by atoms with Gasteiger partial charge in [0.2, 0.25) is 0 Å². The van der Waals surface area contributed by atoms with Gasteiger partial charge < -0.3 is 4.90 Å². The summed E-state index contributed by atoms with van der Waals surface area (Å²) in [7, 11) is 3.36. The van der Waals surface area contributed by atoms with Gasteiger partial charge >= 0.3 is 6.18 Å². The van der Waals surface area contributed by atoms with Gasteiger partial charge in [-0.2, -0.15) is 13.2 Å². The predicted octanol–water partition coefficient (Wildman–Crippen LogP) is 2.90. The number of rotatable bonds is 1. The monoisotopic (exact) mass is 230 g/mol. The highest BCUT2D eigenvalue weighted by atomic mass is 19.4. The number of aryl methyl sites for hydroxylation is 1. The Bertz CT molecular complexity index is 408. The third kappa shape index (κ3) is 2.53. The molecule has 16 heavy (non-hydrogen) atoms. The Morgan fingerprint density at radius 3 is 2.19 bits per heavy atom. The van der Waals surface area contributed by atoms with E-state index in [1.54, 1.807) is 25.9 Å². The van der Waals surface area contributed by atoms with Crippen LogP contribution in [0.3, 0.4) is 0 Å². The SMILES string of the molecule is Cc1cc(C(F)(F)F)ccc1C(=N)N(C)C. The molecule has 0 unspecified atom stereocenters. The Morgan fingerprint density at radius 1 is 1.25 bits per heavy atom. The minimum atomic E-state index is -4.33. The number of nitrogens with one attached hydrogen (secondary N) is 1. The van der Waals surface area contributed by atoms with Crippen LogP contribution in [0, 0.1) is 12.3 Å². The van der Waals surface area contributed by atoms with Gasteiger partial charge in [0, 0.05) is 19.7 Å². The van der Waals surface area contributed by atoms with E-state index in [1.165, 1.54) is 6.07 Å². The van der Waals surface area contributed by atoms with Gasteiger partial charge in [-0.1, -0.05) is 6.07 Å². The number of nitrogens with zero attached hydrogens (tertiary/aromatic N) is 1. The fraction of sp³-hybridized carbons (Fsp3) is 0.364. The van der Waals surface area contributed by atoms with Crippen molar-refractivity contribution in [1.29, 1.82) is 5.41 Å². The molecular formula is C11H13F3N2. The van der Waals surface area contributed by atoms with Crippen LogP contribution < -0.4 is 0 Å². The van der Waals surface area contributed by atoms with Crippen LogP contribution in [0.25, 0.3) is 0 Å². The summed E-state index contributed by atoms with van der Waals surface area (Å²) in [5.74, 6) is 0.200. The highest BCUT2D eigenvalue weighted by Gasteiger charge is 2.30. The first-order chi connectivity index (χ1) is 7.23. The lowest BCUT2D eigenvalue weighted by Gasteiger charge is -2.17. The Hall–Kier alpha value is -1.52. The van der Waals surface area contributed by atoms with Gasteiger partial charge in [0.1, 0.15) is 5.84 Å². The van der Waals surface area contributed by atoms with E-state index in [0.29, 0.717) is 11.1 Å². The van der Waals surface area contributed by atoms with Crippen LogP contribution in [0.1, 0.15) is 16.7 Å². The molecule has 0 aliphatic carbocycles. The largest absolute Gasteiger partial charge is 0.416 e. The quantitative estimate of drug-likeness (QED) is 0.583. The number of alkyl halides is 3. The van der Waals surface area contributed by atoms with Gasteiger partial charge in [-0.05, 0) is 24.6 Å². The highest BCUT2D eigenvalue weighted by Crippen LogP contribution is 2.30. The molecule has 0 atom stereocenters. The standard InChI is InChI=1S/C11H13F3N2/c1-7-6-8(11(12,13)14)4-5-9(7)10(15)16(2)3/h4-6,15H,1-3H3. The van der Waals surface area contributed by atoms with E-state index in [1.807, 2.05) is 0 Å². The lowest BCUT2D eigenvalue weighted by atomic mass is 10.0. The van der Waals surface area contributed by atoms with Crippen molar-refractivity contribution in [2.45, 2.75) is 13.1 Å². The average Bonchev–Trinajstić information content (AvgIpc) is 2.15. The van der Waals surface area contributed by atoms with Crippen molar-refractivity contribution in [2.75, 3.05) is 14.1 Å². The summed E-state index contributed by atoms with van der Waals surface area (Å²) in [6.45, 7) is 1.57. The van der Waals surface area contributed by atoms with Crippen LogP contribution in [0.5, 0.6) is 0 Å². The van der Waals surface area contributed by atoms with E-state index in [9.17, 15) is 13.2 Å². The minimum Gasteiger partial charge on any atom is -0.363 e. The molecule has 0 aliphatic heterocycles. The Labute approximate surface area is 92.2 Å². The molecule has 0 spiro atoms. The second kappa shape index (κ2) is 4.15. The molecule has 88 valence electrons. The van der Waals surface area contributed by atoms with E-state index in [-0.39, 0.29) is 5.84 Å². The molecule has 0 amide bonds.